The number of benzene rings is 1. The lowest BCUT2D eigenvalue weighted by Crippen LogP contribution is -2.33. The number of rotatable bonds is 23. The van der Waals surface area contributed by atoms with Crippen LogP contribution >= 0.6 is 0 Å². The molecule has 3 aliphatic carbocycles. The Kier molecular flexibility index (Phi) is 20.2. The van der Waals surface area contributed by atoms with E-state index in [1.54, 1.807) is 18.7 Å². The molecule has 1 aromatic rings. The number of aliphatic hydroxyl groups excluding tert-OH is 2. The highest BCUT2D eigenvalue weighted by Gasteiger charge is 2.36. The van der Waals surface area contributed by atoms with Crippen molar-refractivity contribution < 1.29 is 29.3 Å². The SMILES string of the molecule is C=C(C)C(=O)OCCc1cc(C2CCC(C3CCC(C4CCC(CCCCC)CC4)CC3)CC2)cc(CCN(C)C(=O)C(=C)C)c1OCCC(CO)(CO)CCC(C)(C)C. The van der Waals surface area contributed by atoms with Gasteiger partial charge in [0.25, 0.3) is 0 Å². The van der Waals surface area contributed by atoms with Crippen LogP contribution in [0, 0.1) is 40.4 Å². The number of hydrogen-bond donors (Lipinski definition) is 2. The highest BCUT2D eigenvalue weighted by atomic mass is 16.5. The summed E-state index contributed by atoms with van der Waals surface area (Å²) in [5.41, 5.74) is 3.65. The molecule has 1 amide bonds. The van der Waals surface area contributed by atoms with Crippen molar-refractivity contribution in [2.75, 3.05) is 40.0 Å². The van der Waals surface area contributed by atoms with E-state index in [0.29, 0.717) is 55.9 Å². The van der Waals surface area contributed by atoms with E-state index < -0.39 is 11.4 Å². The molecule has 0 spiro atoms. The van der Waals surface area contributed by atoms with E-state index in [4.69, 9.17) is 9.47 Å². The quantitative estimate of drug-likeness (QED) is 0.0648. The summed E-state index contributed by atoms with van der Waals surface area (Å²) in [6.07, 6.45) is 25.3. The van der Waals surface area contributed by atoms with E-state index in [-0.39, 0.29) is 31.1 Å². The Morgan fingerprint density at radius 2 is 1.27 bits per heavy atom. The van der Waals surface area contributed by atoms with Crippen molar-refractivity contribution in [3.8, 4) is 5.75 Å². The molecule has 3 aliphatic rings. The second kappa shape index (κ2) is 24.3. The van der Waals surface area contributed by atoms with Gasteiger partial charge in [-0.25, -0.2) is 4.79 Å². The molecule has 0 saturated heterocycles. The van der Waals surface area contributed by atoms with Crippen LogP contribution in [0.4, 0.5) is 0 Å². The molecule has 0 aliphatic heterocycles. The minimum absolute atomic E-state index is 0.0754. The average molecular weight is 834 g/mol. The van der Waals surface area contributed by atoms with E-state index in [0.717, 1.165) is 52.9 Å². The zero-order valence-corrected chi connectivity index (χ0v) is 39.4. The minimum Gasteiger partial charge on any atom is -0.493 e. The molecule has 1 aromatic carbocycles. The number of unbranched alkanes of at least 4 members (excludes halogenated alkanes) is 2. The fraction of sp³-hybridized carbons (Fsp3) is 0.774. The smallest absolute Gasteiger partial charge is 0.333 e. The van der Waals surface area contributed by atoms with Crippen molar-refractivity contribution in [1.82, 2.24) is 4.90 Å². The van der Waals surface area contributed by atoms with Crippen molar-refractivity contribution in [1.29, 1.82) is 0 Å². The maximum Gasteiger partial charge on any atom is 0.333 e. The summed E-state index contributed by atoms with van der Waals surface area (Å²) in [5, 5.41) is 21.0. The van der Waals surface area contributed by atoms with Gasteiger partial charge in [0.1, 0.15) is 5.75 Å². The van der Waals surface area contributed by atoms with Gasteiger partial charge in [0.15, 0.2) is 0 Å². The molecule has 0 unspecified atom stereocenters. The Hall–Kier alpha value is -2.64. The second-order valence-electron chi connectivity index (χ2n) is 21.1. The fourth-order valence-corrected chi connectivity index (χ4v) is 10.8. The summed E-state index contributed by atoms with van der Waals surface area (Å²) in [5.74, 6) is 5.34. The number of hydrogen-bond acceptors (Lipinski definition) is 6. The topological polar surface area (TPSA) is 96.3 Å². The van der Waals surface area contributed by atoms with Crippen LogP contribution in [0.25, 0.3) is 0 Å². The number of nitrogens with zero attached hydrogens (tertiary/aromatic N) is 1. The molecule has 0 bridgehead atoms. The Morgan fingerprint density at radius 3 is 1.77 bits per heavy atom. The summed E-state index contributed by atoms with van der Waals surface area (Å²) in [4.78, 5) is 27.0. The van der Waals surface area contributed by atoms with E-state index in [9.17, 15) is 19.8 Å². The number of carbonyl (C=O) groups excluding carboxylic acids is 2. The van der Waals surface area contributed by atoms with E-state index in [2.05, 4.69) is 53.0 Å². The van der Waals surface area contributed by atoms with Gasteiger partial charge in [0.2, 0.25) is 5.91 Å². The van der Waals surface area contributed by atoms with Gasteiger partial charge in [-0.15, -0.1) is 0 Å². The van der Waals surface area contributed by atoms with Gasteiger partial charge in [-0.3, -0.25) is 4.79 Å². The normalized spacial score (nSPS) is 23.8. The lowest BCUT2D eigenvalue weighted by atomic mass is 9.64. The van der Waals surface area contributed by atoms with Gasteiger partial charge in [-0.2, -0.15) is 0 Å². The van der Waals surface area contributed by atoms with Crippen molar-refractivity contribution in [2.24, 2.45) is 40.4 Å². The third kappa shape index (κ3) is 15.3. The Bertz CT molecular complexity index is 1500. The largest absolute Gasteiger partial charge is 0.493 e. The summed E-state index contributed by atoms with van der Waals surface area (Å²) >= 11 is 0. The molecule has 340 valence electrons. The zero-order chi connectivity index (χ0) is 43.9. The van der Waals surface area contributed by atoms with Crippen LogP contribution in [-0.4, -0.2) is 67.0 Å². The molecule has 2 N–H and O–H groups in total. The predicted molar refractivity (Wildman–Crippen MR) is 247 cm³/mol. The lowest BCUT2D eigenvalue weighted by Gasteiger charge is -2.41. The number of carbonyl (C=O) groups is 2. The van der Waals surface area contributed by atoms with E-state index in [1.165, 1.54) is 108 Å². The maximum absolute atomic E-state index is 12.9. The first kappa shape index (κ1) is 50.0. The third-order valence-corrected chi connectivity index (χ3v) is 15.1. The summed E-state index contributed by atoms with van der Waals surface area (Å²) in [6, 6.07) is 4.60. The number of ether oxygens (including phenoxy) is 2. The molecule has 0 atom stereocenters. The van der Waals surface area contributed by atoms with Crippen LogP contribution in [0.1, 0.15) is 186 Å². The van der Waals surface area contributed by atoms with Gasteiger partial charge in [-0.05, 0) is 161 Å². The molecular formula is C53H87NO6. The molecule has 7 nitrogen and oxygen atoms in total. The van der Waals surface area contributed by atoms with Gasteiger partial charge in [0.05, 0.1) is 26.4 Å². The van der Waals surface area contributed by atoms with Crippen LogP contribution < -0.4 is 4.74 Å². The number of esters is 1. The molecule has 0 heterocycles. The van der Waals surface area contributed by atoms with Gasteiger partial charge < -0.3 is 24.6 Å². The van der Waals surface area contributed by atoms with Crippen LogP contribution in [-0.2, 0) is 27.2 Å². The lowest BCUT2D eigenvalue weighted by molar-refractivity contribution is -0.138. The predicted octanol–water partition coefficient (Wildman–Crippen LogP) is 12.0. The highest BCUT2D eigenvalue weighted by molar-refractivity contribution is 5.92. The maximum atomic E-state index is 12.9. The number of aliphatic hydroxyl groups is 2. The molecule has 7 heteroatoms. The second-order valence-corrected chi connectivity index (χ2v) is 21.1. The fourth-order valence-electron chi connectivity index (χ4n) is 10.8. The first-order valence-corrected chi connectivity index (χ1v) is 24.3. The van der Waals surface area contributed by atoms with Gasteiger partial charge >= 0.3 is 5.97 Å². The van der Waals surface area contributed by atoms with Gasteiger partial charge in [0, 0.05) is 36.6 Å². The standard InChI is InChI=1S/C53H87NO6/c1-10-11-12-13-40-14-16-41(17-15-40)42-18-20-43(21-19-42)44-22-24-45(25-23-44)48-34-46(26-31-54(9)50(57)38(2)3)49(47(35-48)27-32-60-51(58)39(4)5)59-33-30-53(36-55,37-56)29-28-52(6,7)8/h34-35,40-45,55-56H,2,4,10-33,36-37H2,1,3,5-9H3. The van der Waals surface area contributed by atoms with E-state index in [1.807, 2.05) is 7.05 Å². The van der Waals surface area contributed by atoms with Gasteiger partial charge in [-0.1, -0.05) is 91.5 Å². The Labute approximate surface area is 366 Å². The first-order valence-electron chi connectivity index (χ1n) is 24.3. The molecule has 0 aromatic heterocycles. The van der Waals surface area contributed by atoms with Crippen molar-refractivity contribution in [2.45, 2.75) is 182 Å². The Balaban J connectivity index is 1.48. The number of amides is 1. The first-order chi connectivity index (χ1) is 28.6. The minimum atomic E-state index is -0.649. The molecule has 3 saturated carbocycles. The van der Waals surface area contributed by atoms with Crippen LogP contribution in [0.15, 0.2) is 36.4 Å². The molecule has 60 heavy (non-hydrogen) atoms. The number of likely N-dealkylation sites (N-methyl/N-ethyl adjacent to an activating group) is 1. The van der Waals surface area contributed by atoms with E-state index >= 15 is 0 Å². The molecule has 4 rings (SSSR count). The van der Waals surface area contributed by atoms with Crippen molar-refractivity contribution >= 4 is 11.9 Å². The van der Waals surface area contributed by atoms with Crippen LogP contribution in [0.2, 0.25) is 0 Å². The Morgan fingerprint density at radius 1 is 0.733 bits per heavy atom. The molecule has 0 radical (unpaired) electrons. The van der Waals surface area contributed by atoms with Crippen molar-refractivity contribution in [3.05, 3.63) is 53.1 Å². The average Bonchev–Trinajstić information content (AvgIpc) is 3.24. The van der Waals surface area contributed by atoms with Crippen LogP contribution in [0.3, 0.4) is 0 Å². The summed E-state index contributed by atoms with van der Waals surface area (Å²) in [6.45, 7) is 20.7. The molecular weight excluding hydrogens is 747 g/mol. The summed E-state index contributed by atoms with van der Waals surface area (Å²) in [7, 11) is 1.82. The van der Waals surface area contributed by atoms with Crippen molar-refractivity contribution in [3.63, 3.8) is 0 Å². The highest BCUT2D eigenvalue weighted by Crippen LogP contribution is 2.48. The zero-order valence-electron chi connectivity index (χ0n) is 39.4. The monoisotopic (exact) mass is 834 g/mol. The molecule has 3 fully saturated rings. The summed E-state index contributed by atoms with van der Waals surface area (Å²) < 4.78 is 12.3. The third-order valence-electron chi connectivity index (χ3n) is 15.1. The van der Waals surface area contributed by atoms with Crippen LogP contribution in [0.5, 0.6) is 5.75 Å².